The van der Waals surface area contributed by atoms with Gasteiger partial charge in [0.25, 0.3) is 5.91 Å². The van der Waals surface area contributed by atoms with E-state index in [0.29, 0.717) is 24.2 Å². The van der Waals surface area contributed by atoms with Crippen molar-refractivity contribution in [2.24, 2.45) is 0 Å². The number of piperazine rings is 1. The number of nitrogens with one attached hydrogen (secondary N) is 1. The van der Waals surface area contributed by atoms with Crippen LogP contribution in [0.1, 0.15) is 20.8 Å². The van der Waals surface area contributed by atoms with Gasteiger partial charge in [-0.05, 0) is 42.0 Å². The minimum absolute atomic E-state index is 0.0111. The standard InChI is InChI=1S/C26H26FN3O2S/c1-28-26(32)20-9-6-19(7-10-20)8-13-25(31)30-16-14-29(15-17-30)18-21-11-12-24(33-21)22-4-2-3-5-23(22)27/h2-13H,14-18H2,1H3,(H,28,32)/b13-8+. The van der Waals surface area contributed by atoms with Crippen LogP contribution >= 0.6 is 11.3 Å². The van der Waals surface area contributed by atoms with Crippen LogP contribution in [0.25, 0.3) is 16.5 Å². The Balaban J connectivity index is 1.27. The first-order valence-electron chi connectivity index (χ1n) is 10.9. The van der Waals surface area contributed by atoms with Crippen LogP contribution in [0.5, 0.6) is 0 Å². The molecule has 1 saturated heterocycles. The SMILES string of the molecule is CNC(=O)c1ccc(/C=C/C(=O)N2CCN(Cc3ccc(-c4ccccc4F)s3)CC2)cc1. The third kappa shape index (κ3) is 5.74. The minimum Gasteiger partial charge on any atom is -0.355 e. The van der Waals surface area contributed by atoms with Crippen molar-refractivity contribution < 1.29 is 14.0 Å². The Bertz CT molecular complexity index is 1150. The fourth-order valence-corrected chi connectivity index (χ4v) is 4.86. The van der Waals surface area contributed by atoms with E-state index in [9.17, 15) is 14.0 Å². The molecule has 2 heterocycles. The van der Waals surface area contributed by atoms with Crippen molar-refractivity contribution in [3.8, 4) is 10.4 Å². The first-order valence-corrected chi connectivity index (χ1v) is 11.7. The molecule has 5 nitrogen and oxygen atoms in total. The van der Waals surface area contributed by atoms with Crippen LogP contribution in [0.4, 0.5) is 4.39 Å². The predicted molar refractivity (Wildman–Crippen MR) is 130 cm³/mol. The average molecular weight is 464 g/mol. The topological polar surface area (TPSA) is 52.7 Å². The maximum Gasteiger partial charge on any atom is 0.251 e. The molecular weight excluding hydrogens is 437 g/mol. The van der Waals surface area contributed by atoms with E-state index in [1.54, 1.807) is 54.8 Å². The molecule has 0 atom stereocenters. The molecular formula is C26H26FN3O2S. The summed E-state index contributed by atoms with van der Waals surface area (Å²) >= 11 is 1.61. The second-order valence-corrected chi connectivity index (χ2v) is 9.05. The van der Waals surface area contributed by atoms with Crippen LogP contribution < -0.4 is 5.32 Å². The van der Waals surface area contributed by atoms with Crippen molar-refractivity contribution in [3.63, 3.8) is 0 Å². The summed E-state index contributed by atoms with van der Waals surface area (Å²) in [5, 5.41) is 2.59. The van der Waals surface area contributed by atoms with Gasteiger partial charge in [-0.15, -0.1) is 11.3 Å². The van der Waals surface area contributed by atoms with Gasteiger partial charge in [0.1, 0.15) is 5.82 Å². The fourth-order valence-electron chi connectivity index (χ4n) is 3.78. The van der Waals surface area contributed by atoms with E-state index in [-0.39, 0.29) is 17.6 Å². The molecule has 170 valence electrons. The summed E-state index contributed by atoms with van der Waals surface area (Å²) in [6, 6.07) is 18.0. The predicted octanol–water partition coefficient (Wildman–Crippen LogP) is 4.27. The molecule has 1 N–H and O–H groups in total. The lowest BCUT2D eigenvalue weighted by Gasteiger charge is -2.34. The maximum absolute atomic E-state index is 14.0. The monoisotopic (exact) mass is 463 g/mol. The zero-order valence-corrected chi connectivity index (χ0v) is 19.3. The average Bonchev–Trinajstić information content (AvgIpc) is 3.31. The number of thiophene rings is 1. The Kier molecular flexibility index (Phi) is 7.32. The molecule has 1 aromatic heterocycles. The Morgan fingerprint density at radius 3 is 2.42 bits per heavy atom. The molecule has 33 heavy (non-hydrogen) atoms. The number of carbonyl (C=O) groups is 2. The maximum atomic E-state index is 14.0. The number of nitrogens with zero attached hydrogens (tertiary/aromatic N) is 2. The van der Waals surface area contributed by atoms with E-state index in [0.717, 1.165) is 30.1 Å². The molecule has 7 heteroatoms. The van der Waals surface area contributed by atoms with Gasteiger partial charge in [-0.3, -0.25) is 14.5 Å². The fraction of sp³-hybridized carbons (Fsp3) is 0.231. The minimum atomic E-state index is -0.200. The number of amides is 2. The highest BCUT2D eigenvalue weighted by molar-refractivity contribution is 7.15. The second-order valence-electron chi connectivity index (χ2n) is 7.88. The van der Waals surface area contributed by atoms with Crippen LogP contribution in [0.15, 0.2) is 66.7 Å². The number of benzene rings is 2. The van der Waals surface area contributed by atoms with E-state index < -0.39 is 0 Å². The van der Waals surface area contributed by atoms with Crippen molar-refractivity contribution in [1.29, 1.82) is 0 Å². The third-order valence-electron chi connectivity index (χ3n) is 5.68. The van der Waals surface area contributed by atoms with Gasteiger partial charge in [0.15, 0.2) is 0 Å². The highest BCUT2D eigenvalue weighted by Crippen LogP contribution is 2.30. The molecule has 4 rings (SSSR count). The zero-order valence-electron chi connectivity index (χ0n) is 18.5. The van der Waals surface area contributed by atoms with Crippen LogP contribution in [0, 0.1) is 5.82 Å². The lowest BCUT2D eigenvalue weighted by atomic mass is 10.1. The highest BCUT2D eigenvalue weighted by Gasteiger charge is 2.20. The zero-order chi connectivity index (χ0) is 23.2. The van der Waals surface area contributed by atoms with Gasteiger partial charge in [-0.2, -0.15) is 0 Å². The van der Waals surface area contributed by atoms with Crippen LogP contribution in [-0.4, -0.2) is 54.8 Å². The summed E-state index contributed by atoms with van der Waals surface area (Å²) < 4.78 is 14.0. The van der Waals surface area contributed by atoms with Gasteiger partial charge in [0, 0.05) is 66.7 Å². The number of hydrogen-bond donors (Lipinski definition) is 1. The summed E-state index contributed by atoms with van der Waals surface area (Å²) in [7, 11) is 1.60. The number of halogens is 1. The summed E-state index contributed by atoms with van der Waals surface area (Å²) in [5.74, 6) is -0.345. The van der Waals surface area contributed by atoms with E-state index in [1.807, 2.05) is 29.2 Å². The molecule has 0 unspecified atom stereocenters. The van der Waals surface area contributed by atoms with Crippen molar-refractivity contribution in [2.75, 3.05) is 33.2 Å². The quantitative estimate of drug-likeness (QED) is 0.556. The van der Waals surface area contributed by atoms with Gasteiger partial charge in [0.2, 0.25) is 5.91 Å². The van der Waals surface area contributed by atoms with E-state index in [1.165, 1.54) is 10.9 Å². The van der Waals surface area contributed by atoms with Gasteiger partial charge in [0.05, 0.1) is 0 Å². The Morgan fingerprint density at radius 2 is 1.73 bits per heavy atom. The smallest absolute Gasteiger partial charge is 0.251 e. The van der Waals surface area contributed by atoms with Gasteiger partial charge >= 0.3 is 0 Å². The molecule has 1 aliphatic rings. The highest BCUT2D eigenvalue weighted by atomic mass is 32.1. The molecule has 0 bridgehead atoms. The van der Waals surface area contributed by atoms with Crippen LogP contribution in [-0.2, 0) is 11.3 Å². The molecule has 0 spiro atoms. The summed E-state index contributed by atoms with van der Waals surface area (Å²) in [6.45, 7) is 3.74. The summed E-state index contributed by atoms with van der Waals surface area (Å²) in [4.78, 5) is 30.5. The van der Waals surface area contributed by atoms with Crippen molar-refractivity contribution in [3.05, 3.63) is 88.6 Å². The summed E-state index contributed by atoms with van der Waals surface area (Å²) in [6.07, 6.45) is 3.36. The van der Waals surface area contributed by atoms with Gasteiger partial charge in [-0.1, -0.05) is 30.3 Å². The first kappa shape index (κ1) is 22.9. The molecule has 2 aromatic carbocycles. The van der Waals surface area contributed by atoms with Crippen molar-refractivity contribution in [2.45, 2.75) is 6.54 Å². The van der Waals surface area contributed by atoms with E-state index >= 15 is 0 Å². The van der Waals surface area contributed by atoms with Gasteiger partial charge in [-0.25, -0.2) is 4.39 Å². The van der Waals surface area contributed by atoms with Crippen LogP contribution in [0.2, 0.25) is 0 Å². The second kappa shape index (κ2) is 10.6. The molecule has 0 aliphatic carbocycles. The number of rotatable bonds is 6. The van der Waals surface area contributed by atoms with E-state index in [4.69, 9.17) is 0 Å². The largest absolute Gasteiger partial charge is 0.355 e. The molecule has 2 amide bonds. The number of carbonyl (C=O) groups excluding carboxylic acids is 2. The normalized spacial score (nSPS) is 14.5. The third-order valence-corrected chi connectivity index (χ3v) is 6.79. The molecule has 1 aliphatic heterocycles. The lowest BCUT2D eigenvalue weighted by Crippen LogP contribution is -2.47. The Hall–Kier alpha value is -3.29. The number of hydrogen-bond acceptors (Lipinski definition) is 4. The molecule has 0 radical (unpaired) electrons. The molecule has 0 saturated carbocycles. The first-order chi connectivity index (χ1) is 16.0. The Labute approximate surface area is 197 Å². The lowest BCUT2D eigenvalue weighted by molar-refractivity contribution is -0.127. The van der Waals surface area contributed by atoms with E-state index in [2.05, 4.69) is 16.3 Å². The van der Waals surface area contributed by atoms with Crippen LogP contribution in [0.3, 0.4) is 0 Å². The van der Waals surface area contributed by atoms with Crippen molar-refractivity contribution >= 4 is 29.2 Å². The molecule has 1 fully saturated rings. The molecule has 3 aromatic rings. The van der Waals surface area contributed by atoms with Gasteiger partial charge < -0.3 is 10.2 Å². The Morgan fingerprint density at radius 1 is 1.00 bits per heavy atom. The summed E-state index contributed by atoms with van der Waals surface area (Å²) in [5.41, 5.74) is 2.10. The van der Waals surface area contributed by atoms with Crippen molar-refractivity contribution in [1.82, 2.24) is 15.1 Å².